The van der Waals surface area contributed by atoms with Gasteiger partial charge >= 0.3 is 0 Å². The summed E-state index contributed by atoms with van der Waals surface area (Å²) in [4.78, 5) is 6.85. The zero-order valence-electron chi connectivity index (χ0n) is 11.2. The van der Waals surface area contributed by atoms with Crippen molar-refractivity contribution in [3.63, 3.8) is 0 Å². The second kappa shape index (κ2) is 6.02. The van der Waals surface area contributed by atoms with Gasteiger partial charge < -0.3 is 10.7 Å². The normalized spacial score (nSPS) is 18.8. The second-order valence-electron chi connectivity index (χ2n) is 5.06. The molecule has 4 N–H and O–H groups in total. The van der Waals surface area contributed by atoms with Crippen molar-refractivity contribution in [1.82, 2.24) is 14.7 Å². The molecule has 1 saturated carbocycles. The summed E-state index contributed by atoms with van der Waals surface area (Å²) in [6, 6.07) is -0.180. The number of aryl methyl sites for hydroxylation is 1. The number of nitrogens with one attached hydrogen (secondary N) is 2. The maximum absolute atomic E-state index is 12.2. The first-order valence-corrected chi connectivity index (χ1v) is 8.31. The van der Waals surface area contributed by atoms with Crippen molar-refractivity contribution < 1.29 is 8.42 Å². The Morgan fingerprint density at radius 2 is 2.21 bits per heavy atom. The van der Waals surface area contributed by atoms with Crippen molar-refractivity contribution in [3.8, 4) is 0 Å². The van der Waals surface area contributed by atoms with Gasteiger partial charge in [0.2, 0.25) is 0 Å². The summed E-state index contributed by atoms with van der Waals surface area (Å²) in [5.41, 5.74) is 5.72. The van der Waals surface area contributed by atoms with Crippen LogP contribution in [-0.2, 0) is 16.4 Å². The van der Waals surface area contributed by atoms with Crippen molar-refractivity contribution in [2.24, 2.45) is 11.7 Å². The largest absolute Gasteiger partial charge is 0.332 e. The molecule has 0 saturated heterocycles. The first-order chi connectivity index (χ1) is 9.06. The van der Waals surface area contributed by atoms with Gasteiger partial charge in [-0.15, -0.1) is 0 Å². The maximum atomic E-state index is 12.2. The summed E-state index contributed by atoms with van der Waals surface area (Å²) in [5.74, 6) is 1.03. The third-order valence-corrected chi connectivity index (χ3v) is 5.16. The van der Waals surface area contributed by atoms with Crippen LogP contribution in [0.25, 0.3) is 0 Å². The van der Waals surface area contributed by atoms with Crippen LogP contribution >= 0.6 is 0 Å². The number of imidazole rings is 1. The van der Waals surface area contributed by atoms with E-state index in [4.69, 9.17) is 5.73 Å². The molecule has 0 radical (unpaired) electrons. The Kier molecular flexibility index (Phi) is 4.59. The highest BCUT2D eigenvalue weighted by Crippen LogP contribution is 2.28. The van der Waals surface area contributed by atoms with Crippen LogP contribution in [0.1, 0.15) is 38.4 Å². The van der Waals surface area contributed by atoms with E-state index >= 15 is 0 Å². The Morgan fingerprint density at radius 3 is 2.74 bits per heavy atom. The molecule has 0 aliphatic heterocycles. The standard InChI is InChI=1S/C12H22N4O2S/c1-2-11-14-8-12(15-11)19(17,18)16-10(7-13)9-5-3-4-6-9/h8-10,16H,2-7,13H2,1H3,(H,14,15). The number of aromatic amines is 1. The average Bonchev–Trinajstić information content (AvgIpc) is 3.06. The highest BCUT2D eigenvalue weighted by atomic mass is 32.2. The molecule has 1 heterocycles. The van der Waals surface area contributed by atoms with E-state index in [1.807, 2.05) is 6.92 Å². The van der Waals surface area contributed by atoms with Gasteiger partial charge in [-0.25, -0.2) is 18.1 Å². The minimum absolute atomic E-state index is 0.126. The number of nitrogens with two attached hydrogens (primary N) is 1. The summed E-state index contributed by atoms with van der Waals surface area (Å²) in [6.45, 7) is 2.25. The van der Waals surface area contributed by atoms with Crippen molar-refractivity contribution in [1.29, 1.82) is 0 Å². The van der Waals surface area contributed by atoms with Crippen LogP contribution < -0.4 is 10.5 Å². The molecule has 0 aromatic carbocycles. The molecule has 1 atom stereocenters. The van der Waals surface area contributed by atoms with Crippen molar-refractivity contribution in [2.75, 3.05) is 6.54 Å². The van der Waals surface area contributed by atoms with Crippen LogP contribution in [0.2, 0.25) is 0 Å². The van der Waals surface area contributed by atoms with Crippen LogP contribution in [-0.4, -0.2) is 31.0 Å². The SMILES string of the molecule is CCc1ncc(S(=O)(=O)NC(CN)C2CCCC2)[nH]1. The molecule has 6 nitrogen and oxygen atoms in total. The number of H-pyrrole nitrogens is 1. The predicted molar refractivity (Wildman–Crippen MR) is 73.1 cm³/mol. The Bertz CT molecular complexity index is 506. The Morgan fingerprint density at radius 1 is 1.53 bits per heavy atom. The third-order valence-electron chi connectivity index (χ3n) is 3.76. The number of aromatic nitrogens is 2. The molecule has 1 aliphatic carbocycles. The zero-order valence-corrected chi connectivity index (χ0v) is 12.0. The molecular weight excluding hydrogens is 264 g/mol. The smallest absolute Gasteiger partial charge is 0.257 e. The van der Waals surface area contributed by atoms with Crippen molar-refractivity contribution in [2.45, 2.75) is 50.1 Å². The highest BCUT2D eigenvalue weighted by Gasteiger charge is 2.29. The molecule has 1 aromatic rings. The first kappa shape index (κ1) is 14.5. The summed E-state index contributed by atoms with van der Waals surface area (Å²) in [6.07, 6.45) is 6.46. The first-order valence-electron chi connectivity index (χ1n) is 6.83. The molecule has 1 fully saturated rings. The fourth-order valence-corrected chi connectivity index (χ4v) is 3.88. The summed E-state index contributed by atoms with van der Waals surface area (Å²) >= 11 is 0. The Balaban J connectivity index is 2.10. The van der Waals surface area contributed by atoms with Crippen LogP contribution in [0, 0.1) is 5.92 Å². The van der Waals surface area contributed by atoms with Crippen molar-refractivity contribution >= 4 is 10.0 Å². The third kappa shape index (κ3) is 3.34. The molecule has 0 spiro atoms. The van der Waals surface area contributed by atoms with E-state index < -0.39 is 10.0 Å². The Labute approximate surface area is 114 Å². The summed E-state index contributed by atoms with van der Waals surface area (Å²) < 4.78 is 27.2. The summed E-state index contributed by atoms with van der Waals surface area (Å²) in [7, 11) is -3.55. The topological polar surface area (TPSA) is 101 Å². The number of sulfonamides is 1. The lowest BCUT2D eigenvalue weighted by Crippen LogP contribution is -2.44. The quantitative estimate of drug-likeness (QED) is 0.719. The molecule has 1 aliphatic rings. The minimum atomic E-state index is -3.55. The van der Waals surface area contributed by atoms with Crippen LogP contribution in [0.5, 0.6) is 0 Å². The van der Waals surface area contributed by atoms with Crippen LogP contribution in [0.15, 0.2) is 11.2 Å². The zero-order chi connectivity index (χ0) is 13.9. The van der Waals surface area contributed by atoms with E-state index in [0.717, 1.165) is 25.7 Å². The number of nitrogens with zero attached hydrogens (tertiary/aromatic N) is 1. The second-order valence-corrected chi connectivity index (χ2v) is 6.74. The molecule has 0 amide bonds. The van der Waals surface area contributed by atoms with Gasteiger partial charge in [-0.05, 0) is 18.8 Å². The van der Waals surface area contributed by atoms with Gasteiger partial charge in [0.1, 0.15) is 5.82 Å². The van der Waals surface area contributed by atoms with Gasteiger partial charge in [-0.1, -0.05) is 19.8 Å². The van der Waals surface area contributed by atoms with E-state index in [0.29, 0.717) is 24.7 Å². The fourth-order valence-electron chi connectivity index (χ4n) is 2.62. The van der Waals surface area contributed by atoms with Gasteiger partial charge in [0.15, 0.2) is 5.03 Å². The van der Waals surface area contributed by atoms with E-state index in [1.54, 1.807) is 0 Å². The van der Waals surface area contributed by atoms with Gasteiger partial charge in [-0.2, -0.15) is 0 Å². The molecule has 7 heteroatoms. The van der Waals surface area contributed by atoms with E-state index in [2.05, 4.69) is 14.7 Å². The van der Waals surface area contributed by atoms with E-state index in [1.165, 1.54) is 6.20 Å². The molecule has 108 valence electrons. The van der Waals surface area contributed by atoms with Gasteiger partial charge in [-0.3, -0.25) is 0 Å². The maximum Gasteiger partial charge on any atom is 0.257 e. The average molecular weight is 286 g/mol. The van der Waals surface area contributed by atoms with E-state index in [-0.39, 0.29) is 11.1 Å². The lowest BCUT2D eigenvalue weighted by Gasteiger charge is -2.22. The van der Waals surface area contributed by atoms with Crippen LogP contribution in [0.4, 0.5) is 0 Å². The number of rotatable bonds is 6. The fraction of sp³-hybridized carbons (Fsp3) is 0.750. The molecule has 1 aromatic heterocycles. The molecule has 19 heavy (non-hydrogen) atoms. The lowest BCUT2D eigenvalue weighted by molar-refractivity contribution is 0.405. The van der Waals surface area contributed by atoms with Gasteiger partial charge in [0.25, 0.3) is 10.0 Å². The van der Waals surface area contributed by atoms with Crippen LogP contribution in [0.3, 0.4) is 0 Å². The van der Waals surface area contributed by atoms with Gasteiger partial charge in [0.05, 0.1) is 6.20 Å². The van der Waals surface area contributed by atoms with Gasteiger partial charge in [0, 0.05) is 19.0 Å². The molecular formula is C12H22N4O2S. The monoisotopic (exact) mass is 286 g/mol. The Hall–Kier alpha value is -0.920. The predicted octanol–water partition coefficient (Wildman–Crippen LogP) is 0.768. The number of hydrogen-bond acceptors (Lipinski definition) is 4. The van der Waals surface area contributed by atoms with E-state index in [9.17, 15) is 8.42 Å². The number of hydrogen-bond donors (Lipinski definition) is 3. The lowest BCUT2D eigenvalue weighted by atomic mass is 9.99. The highest BCUT2D eigenvalue weighted by molar-refractivity contribution is 7.89. The minimum Gasteiger partial charge on any atom is -0.332 e. The molecule has 1 unspecified atom stereocenters. The van der Waals surface area contributed by atoms with Crippen molar-refractivity contribution in [3.05, 3.63) is 12.0 Å². The molecule has 0 bridgehead atoms. The summed E-state index contributed by atoms with van der Waals surface area (Å²) in [5, 5.41) is 0.126. The molecule has 2 rings (SSSR count).